The molecule has 0 aliphatic carbocycles. The molecule has 1 N–H and O–H groups in total. The van der Waals surface area contributed by atoms with Crippen LogP contribution in [0, 0.1) is 0 Å². The molecule has 4 nitrogen and oxygen atoms in total. The highest BCUT2D eigenvalue weighted by Crippen LogP contribution is 2.39. The Balaban J connectivity index is 2.45. The van der Waals surface area contributed by atoms with Crippen molar-refractivity contribution in [3.8, 4) is 17.2 Å². The minimum atomic E-state index is 0.719. The van der Waals surface area contributed by atoms with Gasteiger partial charge in [-0.25, -0.2) is 0 Å². The third-order valence-corrected chi connectivity index (χ3v) is 3.93. The molecular formula is C18H19NO3. The van der Waals surface area contributed by atoms with Crippen LogP contribution in [-0.2, 0) is 0 Å². The summed E-state index contributed by atoms with van der Waals surface area (Å²) >= 11 is 0. The highest BCUT2D eigenvalue weighted by molar-refractivity contribution is 6.14. The zero-order chi connectivity index (χ0) is 15.7. The Morgan fingerprint density at radius 1 is 0.727 bits per heavy atom. The van der Waals surface area contributed by atoms with Crippen LogP contribution in [0.4, 0.5) is 5.69 Å². The van der Waals surface area contributed by atoms with Crippen LogP contribution in [0.3, 0.4) is 0 Å². The Morgan fingerprint density at radius 2 is 1.45 bits per heavy atom. The summed E-state index contributed by atoms with van der Waals surface area (Å²) in [4.78, 5) is 0. The van der Waals surface area contributed by atoms with Gasteiger partial charge in [-0.3, -0.25) is 0 Å². The average molecular weight is 297 g/mol. The molecular weight excluding hydrogens is 278 g/mol. The highest BCUT2D eigenvalue weighted by Gasteiger charge is 2.12. The quantitative estimate of drug-likeness (QED) is 0.737. The van der Waals surface area contributed by atoms with Crippen molar-refractivity contribution in [3.63, 3.8) is 0 Å². The normalized spacial score (nSPS) is 10.7. The van der Waals surface area contributed by atoms with Crippen LogP contribution in [0.5, 0.6) is 17.2 Å². The largest absolute Gasteiger partial charge is 0.497 e. The second-order valence-corrected chi connectivity index (χ2v) is 5.01. The van der Waals surface area contributed by atoms with Crippen LogP contribution in [-0.4, -0.2) is 28.4 Å². The molecule has 4 heteroatoms. The summed E-state index contributed by atoms with van der Waals surface area (Å²) in [5.74, 6) is 2.27. The topological polar surface area (TPSA) is 39.7 Å². The van der Waals surface area contributed by atoms with Gasteiger partial charge in [-0.05, 0) is 52.6 Å². The number of ether oxygens (including phenoxy) is 3. The molecule has 0 spiro atoms. The number of benzene rings is 3. The zero-order valence-corrected chi connectivity index (χ0v) is 13.2. The fraction of sp³-hybridized carbons (Fsp3) is 0.222. The second-order valence-electron chi connectivity index (χ2n) is 5.01. The smallest absolute Gasteiger partial charge is 0.161 e. The molecule has 0 saturated heterocycles. The number of methoxy groups -OCH3 is 3. The predicted molar refractivity (Wildman–Crippen MR) is 90.7 cm³/mol. The monoisotopic (exact) mass is 297 g/mol. The molecule has 22 heavy (non-hydrogen) atoms. The molecule has 0 heterocycles. The van der Waals surface area contributed by atoms with E-state index in [1.807, 2.05) is 31.3 Å². The van der Waals surface area contributed by atoms with Crippen molar-refractivity contribution < 1.29 is 14.2 Å². The van der Waals surface area contributed by atoms with Gasteiger partial charge < -0.3 is 19.5 Å². The van der Waals surface area contributed by atoms with E-state index < -0.39 is 0 Å². The Labute approximate surface area is 129 Å². The molecule has 0 radical (unpaired) electrons. The molecule has 114 valence electrons. The lowest BCUT2D eigenvalue weighted by Crippen LogP contribution is -1.94. The minimum Gasteiger partial charge on any atom is -0.497 e. The number of hydrogen-bond acceptors (Lipinski definition) is 4. The first-order valence-corrected chi connectivity index (χ1v) is 7.06. The number of rotatable bonds is 4. The van der Waals surface area contributed by atoms with E-state index in [0.29, 0.717) is 0 Å². The van der Waals surface area contributed by atoms with Crippen molar-refractivity contribution in [2.24, 2.45) is 0 Å². The fourth-order valence-electron chi connectivity index (χ4n) is 2.80. The van der Waals surface area contributed by atoms with E-state index in [9.17, 15) is 0 Å². The maximum absolute atomic E-state index is 5.43. The average Bonchev–Trinajstić information content (AvgIpc) is 2.59. The highest BCUT2D eigenvalue weighted by atomic mass is 16.5. The Hall–Kier alpha value is -2.62. The van der Waals surface area contributed by atoms with Crippen LogP contribution < -0.4 is 19.5 Å². The minimum absolute atomic E-state index is 0.719. The number of anilines is 1. The van der Waals surface area contributed by atoms with E-state index in [1.165, 1.54) is 0 Å². The van der Waals surface area contributed by atoms with Crippen LogP contribution in [0.15, 0.2) is 36.4 Å². The number of hydrogen-bond donors (Lipinski definition) is 1. The Kier molecular flexibility index (Phi) is 3.67. The molecule has 0 aliphatic heterocycles. The van der Waals surface area contributed by atoms with E-state index in [4.69, 9.17) is 14.2 Å². The standard InChI is InChI=1S/C18H19NO3/c1-19-16-7-11-8-17(21-3)18(22-4)10-14(11)15-9-12(20-2)5-6-13(15)16/h5-10,19H,1-4H3. The van der Waals surface area contributed by atoms with Gasteiger partial charge in [0.2, 0.25) is 0 Å². The lowest BCUT2D eigenvalue weighted by Gasteiger charge is -2.14. The Bertz CT molecular complexity index is 843. The summed E-state index contributed by atoms with van der Waals surface area (Å²) in [6.45, 7) is 0. The molecule has 0 atom stereocenters. The molecule has 3 aromatic rings. The van der Waals surface area contributed by atoms with Crippen molar-refractivity contribution in [1.29, 1.82) is 0 Å². The summed E-state index contributed by atoms with van der Waals surface area (Å²) in [6.07, 6.45) is 0. The summed E-state index contributed by atoms with van der Waals surface area (Å²) in [7, 11) is 6.89. The SMILES string of the molecule is CNc1cc2cc(OC)c(OC)cc2c2cc(OC)ccc12. The summed E-state index contributed by atoms with van der Waals surface area (Å²) in [5, 5.41) is 7.70. The molecule has 0 aromatic heterocycles. The first kappa shape index (κ1) is 14.3. The van der Waals surface area contributed by atoms with Gasteiger partial charge in [-0.15, -0.1) is 0 Å². The molecule has 0 saturated carbocycles. The van der Waals surface area contributed by atoms with Gasteiger partial charge in [-0.1, -0.05) is 0 Å². The van der Waals surface area contributed by atoms with E-state index in [-0.39, 0.29) is 0 Å². The van der Waals surface area contributed by atoms with Gasteiger partial charge in [0.25, 0.3) is 0 Å². The van der Waals surface area contributed by atoms with Gasteiger partial charge in [-0.2, -0.15) is 0 Å². The van der Waals surface area contributed by atoms with Gasteiger partial charge in [0.15, 0.2) is 11.5 Å². The lowest BCUT2D eigenvalue weighted by atomic mass is 9.99. The first-order chi connectivity index (χ1) is 10.7. The van der Waals surface area contributed by atoms with Gasteiger partial charge in [0, 0.05) is 18.1 Å². The third kappa shape index (κ3) is 2.17. The predicted octanol–water partition coefficient (Wildman–Crippen LogP) is 4.06. The van der Waals surface area contributed by atoms with Crippen molar-refractivity contribution in [2.45, 2.75) is 0 Å². The molecule has 3 aromatic carbocycles. The summed E-state index contributed by atoms with van der Waals surface area (Å²) in [6, 6.07) is 12.2. The van der Waals surface area contributed by atoms with Crippen molar-refractivity contribution in [3.05, 3.63) is 36.4 Å². The van der Waals surface area contributed by atoms with Crippen molar-refractivity contribution in [1.82, 2.24) is 0 Å². The fourth-order valence-corrected chi connectivity index (χ4v) is 2.80. The van der Waals surface area contributed by atoms with Crippen LogP contribution >= 0.6 is 0 Å². The second kappa shape index (κ2) is 5.64. The van der Waals surface area contributed by atoms with Crippen LogP contribution in [0.1, 0.15) is 0 Å². The van der Waals surface area contributed by atoms with Gasteiger partial charge >= 0.3 is 0 Å². The van der Waals surface area contributed by atoms with Gasteiger partial charge in [0.1, 0.15) is 5.75 Å². The molecule has 0 fully saturated rings. The maximum atomic E-state index is 5.43. The maximum Gasteiger partial charge on any atom is 0.161 e. The van der Waals surface area contributed by atoms with Crippen molar-refractivity contribution in [2.75, 3.05) is 33.7 Å². The van der Waals surface area contributed by atoms with Crippen molar-refractivity contribution >= 4 is 27.2 Å². The van der Waals surface area contributed by atoms with E-state index in [0.717, 1.165) is 44.5 Å². The number of nitrogens with one attached hydrogen (secondary N) is 1. The number of fused-ring (bicyclic) bond motifs is 3. The molecule has 0 bridgehead atoms. The van der Waals surface area contributed by atoms with E-state index >= 15 is 0 Å². The van der Waals surface area contributed by atoms with Crippen LogP contribution in [0.2, 0.25) is 0 Å². The summed E-state index contributed by atoms with van der Waals surface area (Å²) < 4.78 is 16.2. The lowest BCUT2D eigenvalue weighted by molar-refractivity contribution is 0.356. The zero-order valence-electron chi connectivity index (χ0n) is 13.2. The molecule has 0 unspecified atom stereocenters. The van der Waals surface area contributed by atoms with E-state index in [2.05, 4.69) is 17.4 Å². The molecule has 3 rings (SSSR count). The van der Waals surface area contributed by atoms with E-state index in [1.54, 1.807) is 21.3 Å². The van der Waals surface area contributed by atoms with Gasteiger partial charge in [0.05, 0.1) is 21.3 Å². The first-order valence-electron chi connectivity index (χ1n) is 7.06. The summed E-state index contributed by atoms with van der Waals surface area (Å²) in [5.41, 5.74) is 1.07. The molecule has 0 aliphatic rings. The Morgan fingerprint density at radius 3 is 2.09 bits per heavy atom. The third-order valence-electron chi connectivity index (χ3n) is 3.93. The molecule has 0 amide bonds. The van der Waals surface area contributed by atoms with Crippen LogP contribution in [0.25, 0.3) is 21.5 Å².